The summed E-state index contributed by atoms with van der Waals surface area (Å²) in [5.41, 5.74) is 6.44. The van der Waals surface area contributed by atoms with Gasteiger partial charge in [0.15, 0.2) is 0 Å². The Labute approximate surface area is 132 Å². The lowest BCUT2D eigenvalue weighted by Gasteiger charge is -2.21. The second-order valence-corrected chi connectivity index (χ2v) is 8.80. The van der Waals surface area contributed by atoms with E-state index in [2.05, 4.69) is 0 Å². The molecule has 0 heterocycles. The van der Waals surface area contributed by atoms with Crippen molar-refractivity contribution in [3.63, 3.8) is 0 Å². The molecule has 118 valence electrons. The number of hydrogen-bond donors (Lipinski definition) is 1. The maximum Gasteiger partial charge on any atom is 0.214 e. The van der Waals surface area contributed by atoms with Crippen LogP contribution in [0.5, 0.6) is 0 Å². The molecule has 0 aliphatic heterocycles. The van der Waals surface area contributed by atoms with Crippen LogP contribution in [0.15, 0.2) is 29.2 Å². The van der Waals surface area contributed by atoms with Crippen molar-refractivity contribution < 1.29 is 8.42 Å². The minimum absolute atomic E-state index is 0.194. The number of thioether (sulfide) groups is 1. The number of rotatable bonds is 9. The Kier molecular flexibility index (Phi) is 5.96. The molecule has 0 atom stereocenters. The average molecular weight is 329 g/mol. The first kappa shape index (κ1) is 16.6. The molecule has 0 spiro atoms. The number of anilines is 1. The monoisotopic (exact) mass is 328 g/mol. The van der Waals surface area contributed by atoms with E-state index in [0.29, 0.717) is 30.4 Å². The minimum atomic E-state index is -3.14. The van der Waals surface area contributed by atoms with Crippen LogP contribution in [0.2, 0.25) is 0 Å². The van der Waals surface area contributed by atoms with E-state index in [9.17, 15) is 8.42 Å². The third kappa shape index (κ3) is 5.52. The summed E-state index contributed by atoms with van der Waals surface area (Å²) in [6, 6.07) is 7.56. The highest BCUT2D eigenvalue weighted by Crippen LogP contribution is 2.31. The van der Waals surface area contributed by atoms with Gasteiger partial charge in [0.25, 0.3) is 0 Å². The van der Waals surface area contributed by atoms with Crippen molar-refractivity contribution in [1.82, 2.24) is 4.31 Å². The maximum atomic E-state index is 12.4. The van der Waals surface area contributed by atoms with Gasteiger partial charge < -0.3 is 5.73 Å². The van der Waals surface area contributed by atoms with Crippen LogP contribution >= 0.6 is 11.8 Å². The Balaban J connectivity index is 1.86. The third-order valence-electron chi connectivity index (χ3n) is 3.49. The molecule has 0 radical (unpaired) electrons. The molecule has 4 nitrogen and oxygen atoms in total. The lowest BCUT2D eigenvalue weighted by molar-refractivity contribution is 0.396. The molecule has 0 unspecified atom stereocenters. The van der Waals surface area contributed by atoms with E-state index >= 15 is 0 Å². The highest BCUT2D eigenvalue weighted by atomic mass is 32.2. The molecule has 0 saturated heterocycles. The minimum Gasteiger partial charge on any atom is -0.399 e. The van der Waals surface area contributed by atoms with Crippen LogP contribution in [0.1, 0.15) is 26.2 Å². The molecule has 6 heteroatoms. The van der Waals surface area contributed by atoms with Gasteiger partial charge in [-0.1, -0.05) is 13.0 Å². The second kappa shape index (κ2) is 7.51. The molecule has 0 bridgehead atoms. The van der Waals surface area contributed by atoms with E-state index in [1.807, 2.05) is 31.2 Å². The summed E-state index contributed by atoms with van der Waals surface area (Å²) < 4.78 is 26.5. The molecule has 1 aliphatic rings. The fourth-order valence-corrected chi connectivity index (χ4v) is 5.14. The lowest BCUT2D eigenvalue weighted by Crippen LogP contribution is -2.36. The molecule has 2 rings (SSSR count). The van der Waals surface area contributed by atoms with Crippen molar-refractivity contribution in [2.24, 2.45) is 5.92 Å². The summed E-state index contributed by atoms with van der Waals surface area (Å²) in [6.07, 6.45) is 3.22. The second-order valence-electron chi connectivity index (χ2n) is 5.54. The smallest absolute Gasteiger partial charge is 0.214 e. The van der Waals surface area contributed by atoms with E-state index in [1.54, 1.807) is 16.1 Å². The van der Waals surface area contributed by atoms with Crippen LogP contribution in [0, 0.1) is 5.92 Å². The normalized spacial score (nSPS) is 15.5. The summed E-state index contributed by atoms with van der Waals surface area (Å²) in [5.74, 6) is 1.35. The van der Waals surface area contributed by atoms with Crippen molar-refractivity contribution in [1.29, 1.82) is 0 Å². The van der Waals surface area contributed by atoms with Crippen molar-refractivity contribution in [3.05, 3.63) is 24.3 Å². The average Bonchev–Trinajstić information content (AvgIpc) is 3.22. The standard InChI is InChI=1S/C15H24N2O2S2/c1-2-8-17(12-13-6-7-13)21(18,19)10-9-20-15-5-3-4-14(16)11-15/h3-5,11,13H,2,6-10,12,16H2,1H3. The van der Waals surface area contributed by atoms with Gasteiger partial charge >= 0.3 is 0 Å². The zero-order chi connectivity index (χ0) is 15.3. The van der Waals surface area contributed by atoms with E-state index in [1.165, 1.54) is 12.8 Å². The Bertz CT molecular complexity index is 557. The van der Waals surface area contributed by atoms with Crippen molar-refractivity contribution >= 4 is 27.5 Å². The van der Waals surface area contributed by atoms with Gasteiger partial charge in [-0.3, -0.25) is 0 Å². The van der Waals surface area contributed by atoms with Gasteiger partial charge in [0.2, 0.25) is 10.0 Å². The van der Waals surface area contributed by atoms with Gasteiger partial charge in [0, 0.05) is 29.4 Å². The summed E-state index contributed by atoms with van der Waals surface area (Å²) in [5, 5.41) is 0. The zero-order valence-electron chi connectivity index (χ0n) is 12.5. The third-order valence-corrected chi connectivity index (χ3v) is 6.59. The number of nitrogen functional groups attached to an aromatic ring is 1. The molecule has 0 aromatic heterocycles. The van der Waals surface area contributed by atoms with Crippen molar-refractivity contribution in [3.8, 4) is 0 Å². The van der Waals surface area contributed by atoms with Gasteiger partial charge in [-0.15, -0.1) is 11.8 Å². The van der Waals surface area contributed by atoms with Gasteiger partial charge in [-0.25, -0.2) is 12.7 Å². The van der Waals surface area contributed by atoms with Crippen LogP contribution in [-0.4, -0.2) is 37.3 Å². The molecule has 2 N–H and O–H groups in total. The molecule has 1 aliphatic carbocycles. The van der Waals surface area contributed by atoms with Gasteiger partial charge in [-0.2, -0.15) is 0 Å². The lowest BCUT2D eigenvalue weighted by atomic mass is 10.3. The van der Waals surface area contributed by atoms with Crippen molar-refractivity contribution in [2.75, 3.05) is 30.3 Å². The fourth-order valence-electron chi connectivity index (χ4n) is 2.18. The van der Waals surface area contributed by atoms with Gasteiger partial charge in [0.05, 0.1) is 5.75 Å². The Morgan fingerprint density at radius 3 is 2.76 bits per heavy atom. The fraction of sp³-hybridized carbons (Fsp3) is 0.600. The first-order valence-corrected chi connectivity index (χ1v) is 10.1. The highest BCUT2D eigenvalue weighted by Gasteiger charge is 2.29. The Hall–Kier alpha value is -0.720. The first-order valence-electron chi connectivity index (χ1n) is 7.47. The van der Waals surface area contributed by atoms with Crippen molar-refractivity contribution in [2.45, 2.75) is 31.1 Å². The highest BCUT2D eigenvalue weighted by molar-refractivity contribution is 8.00. The van der Waals surface area contributed by atoms with Crippen LogP contribution < -0.4 is 5.73 Å². The molecule has 0 amide bonds. The summed E-state index contributed by atoms with van der Waals surface area (Å²) in [6.45, 7) is 3.37. The summed E-state index contributed by atoms with van der Waals surface area (Å²) >= 11 is 1.55. The molecular weight excluding hydrogens is 304 g/mol. The van der Waals surface area contributed by atoms with E-state index in [4.69, 9.17) is 5.73 Å². The van der Waals surface area contributed by atoms with Crippen LogP contribution in [0.25, 0.3) is 0 Å². The quantitative estimate of drug-likeness (QED) is 0.559. The molecule has 1 saturated carbocycles. The first-order chi connectivity index (χ1) is 10.0. The number of nitrogens with two attached hydrogens (primary N) is 1. The molecular formula is C15H24N2O2S2. The van der Waals surface area contributed by atoms with E-state index < -0.39 is 10.0 Å². The Morgan fingerprint density at radius 1 is 1.38 bits per heavy atom. The number of benzene rings is 1. The van der Waals surface area contributed by atoms with Gasteiger partial charge in [0.1, 0.15) is 0 Å². The number of hydrogen-bond acceptors (Lipinski definition) is 4. The SMILES string of the molecule is CCCN(CC1CC1)S(=O)(=O)CCSc1cccc(N)c1. The maximum absolute atomic E-state index is 12.4. The summed E-state index contributed by atoms with van der Waals surface area (Å²) in [4.78, 5) is 1.02. The predicted molar refractivity (Wildman–Crippen MR) is 90.0 cm³/mol. The molecule has 1 aromatic carbocycles. The van der Waals surface area contributed by atoms with E-state index in [0.717, 1.165) is 11.3 Å². The predicted octanol–water partition coefficient (Wildman–Crippen LogP) is 2.81. The molecule has 21 heavy (non-hydrogen) atoms. The zero-order valence-corrected chi connectivity index (χ0v) is 14.1. The summed E-state index contributed by atoms with van der Waals surface area (Å²) in [7, 11) is -3.14. The Morgan fingerprint density at radius 2 is 2.14 bits per heavy atom. The molecule has 1 aromatic rings. The number of sulfonamides is 1. The van der Waals surface area contributed by atoms with Gasteiger partial charge in [-0.05, 0) is 43.4 Å². The topological polar surface area (TPSA) is 63.4 Å². The molecule has 1 fully saturated rings. The van der Waals surface area contributed by atoms with Crippen LogP contribution in [-0.2, 0) is 10.0 Å². The number of nitrogens with zero attached hydrogens (tertiary/aromatic N) is 1. The van der Waals surface area contributed by atoms with Crippen LogP contribution in [0.3, 0.4) is 0 Å². The van der Waals surface area contributed by atoms with Crippen LogP contribution in [0.4, 0.5) is 5.69 Å². The largest absolute Gasteiger partial charge is 0.399 e. The van der Waals surface area contributed by atoms with E-state index in [-0.39, 0.29) is 5.75 Å².